The largest absolute Gasteiger partial charge is 0.481 e. The zero-order valence-corrected chi connectivity index (χ0v) is 7.18. The van der Waals surface area contributed by atoms with Crippen molar-refractivity contribution in [3.63, 3.8) is 0 Å². The van der Waals surface area contributed by atoms with Crippen LogP contribution in [0.15, 0.2) is 0 Å². The summed E-state index contributed by atoms with van der Waals surface area (Å²) in [5.74, 6) is -1.12. The third kappa shape index (κ3) is 24.9. The van der Waals surface area contributed by atoms with Crippen LogP contribution < -0.4 is 10.9 Å². The second-order valence-electron chi connectivity index (χ2n) is 1.75. The number of nitrogens with one attached hydrogen (secondary N) is 2. The van der Waals surface area contributed by atoms with E-state index in [9.17, 15) is 9.59 Å². The van der Waals surface area contributed by atoms with Crippen molar-refractivity contribution in [2.45, 2.75) is 13.3 Å². The van der Waals surface area contributed by atoms with Gasteiger partial charge in [-0.2, -0.15) is 0 Å². The van der Waals surface area contributed by atoms with Crippen LogP contribution in [-0.4, -0.2) is 40.0 Å². The summed E-state index contributed by atoms with van der Waals surface area (Å²) < 4.78 is 0. The molecule has 0 saturated heterocycles. The Labute approximate surface area is 74.8 Å². The smallest absolute Gasteiger partial charge is 0.304 e. The summed E-state index contributed by atoms with van der Waals surface area (Å²) in [5.41, 5.74) is 4.68. The van der Waals surface area contributed by atoms with Crippen LogP contribution in [0.2, 0.25) is 0 Å². The van der Waals surface area contributed by atoms with Crippen molar-refractivity contribution in [1.29, 1.82) is 0 Å². The molecule has 0 spiro atoms. The minimum absolute atomic E-state index is 0. The van der Waals surface area contributed by atoms with Crippen molar-refractivity contribution >= 4 is 11.9 Å². The second kappa shape index (κ2) is 13.4. The highest BCUT2D eigenvalue weighted by molar-refractivity contribution is 5.72. The van der Waals surface area contributed by atoms with Crippen molar-refractivity contribution in [2.75, 3.05) is 6.54 Å². The molecule has 0 aromatic carbocycles. The molecule has 0 aromatic heterocycles. The van der Waals surface area contributed by atoms with Crippen LogP contribution in [0.3, 0.4) is 0 Å². The first kappa shape index (κ1) is 22.6. The molecule has 0 unspecified atom stereocenters. The van der Waals surface area contributed by atoms with Crippen molar-refractivity contribution in [1.82, 2.24) is 10.9 Å². The lowest BCUT2D eigenvalue weighted by Gasteiger charge is -2.00. The summed E-state index contributed by atoms with van der Waals surface area (Å²) in [4.78, 5) is 20.1. The molecule has 0 bridgehead atoms. The third-order valence-corrected chi connectivity index (χ3v) is 0.728. The third-order valence-electron chi connectivity index (χ3n) is 0.728. The van der Waals surface area contributed by atoms with E-state index >= 15 is 0 Å². The molecule has 82 valence electrons. The van der Waals surface area contributed by atoms with Gasteiger partial charge in [-0.25, -0.2) is 5.43 Å². The molecule has 0 aliphatic rings. The highest BCUT2D eigenvalue weighted by atomic mass is 16.4. The monoisotopic (exact) mass is 200 g/mol. The molecule has 13 heavy (non-hydrogen) atoms. The predicted molar refractivity (Wildman–Crippen MR) is 44.9 cm³/mol. The molecule has 0 rings (SSSR count). The first-order valence-corrected chi connectivity index (χ1v) is 2.84. The summed E-state index contributed by atoms with van der Waals surface area (Å²) in [6.07, 6.45) is 0.000278. The number of rotatable bonds is 4. The van der Waals surface area contributed by atoms with Crippen molar-refractivity contribution in [3.05, 3.63) is 0 Å². The van der Waals surface area contributed by atoms with E-state index in [4.69, 9.17) is 5.11 Å². The molecular weight excluding hydrogens is 184 g/mol. The molecule has 0 fully saturated rings. The zero-order valence-electron chi connectivity index (χ0n) is 7.18. The van der Waals surface area contributed by atoms with Crippen LogP contribution in [0.1, 0.15) is 13.3 Å². The summed E-state index contributed by atoms with van der Waals surface area (Å²) in [7, 11) is 0. The first-order valence-electron chi connectivity index (χ1n) is 2.84. The number of amides is 1. The van der Waals surface area contributed by atoms with Crippen LogP contribution in [0.5, 0.6) is 0 Å². The van der Waals surface area contributed by atoms with Crippen LogP contribution in [0.25, 0.3) is 0 Å². The van der Waals surface area contributed by atoms with Gasteiger partial charge in [0.2, 0.25) is 5.91 Å². The summed E-state index contributed by atoms with van der Waals surface area (Å²) in [5, 5.41) is 8.13. The van der Waals surface area contributed by atoms with E-state index in [0.29, 0.717) is 0 Å². The number of hydrazine groups is 1. The van der Waals surface area contributed by atoms with E-state index in [1.807, 2.05) is 0 Å². The van der Waals surface area contributed by atoms with E-state index in [1.165, 1.54) is 6.92 Å². The van der Waals surface area contributed by atoms with Crippen LogP contribution in [0.4, 0.5) is 0 Å². The molecule has 8 heteroatoms. The summed E-state index contributed by atoms with van der Waals surface area (Å²) in [6.45, 7) is 1.59. The van der Waals surface area contributed by atoms with Gasteiger partial charge in [0.25, 0.3) is 0 Å². The van der Waals surface area contributed by atoms with Gasteiger partial charge in [-0.15, -0.1) is 0 Å². The molecule has 0 heterocycles. The van der Waals surface area contributed by atoms with E-state index in [-0.39, 0.29) is 35.3 Å². The van der Waals surface area contributed by atoms with Crippen molar-refractivity contribution in [3.8, 4) is 0 Å². The number of carboxylic acid groups (broad SMARTS) is 1. The number of carboxylic acids is 1. The molecule has 9 N–H and O–H groups in total. The molecule has 0 aliphatic heterocycles. The number of hydrogen-bond acceptors (Lipinski definition) is 3. The predicted octanol–water partition coefficient (Wildman–Crippen LogP) is -3.37. The number of carbonyl (C=O) groups excluding carboxylic acids is 1. The highest BCUT2D eigenvalue weighted by Crippen LogP contribution is 1.71. The highest BCUT2D eigenvalue weighted by Gasteiger charge is 1.94. The Morgan fingerprint density at radius 2 is 1.69 bits per heavy atom. The quantitative estimate of drug-likeness (QED) is 0.317. The van der Waals surface area contributed by atoms with Gasteiger partial charge in [-0.3, -0.25) is 15.0 Å². The second-order valence-corrected chi connectivity index (χ2v) is 1.75. The number of carbonyl (C=O) groups is 2. The SMILES string of the molecule is CC(=O)NNCCC(=O)O.O.O.O. The topological polar surface area (TPSA) is 173 Å². The van der Waals surface area contributed by atoms with E-state index in [1.54, 1.807) is 0 Å². The maximum Gasteiger partial charge on any atom is 0.304 e. The van der Waals surface area contributed by atoms with Crippen LogP contribution in [0, 0.1) is 0 Å². The average molecular weight is 200 g/mol. The Morgan fingerprint density at radius 3 is 2.00 bits per heavy atom. The van der Waals surface area contributed by atoms with Gasteiger partial charge in [0.05, 0.1) is 6.42 Å². The van der Waals surface area contributed by atoms with Gasteiger partial charge in [-0.05, 0) is 0 Å². The van der Waals surface area contributed by atoms with Gasteiger partial charge >= 0.3 is 5.97 Å². The van der Waals surface area contributed by atoms with Gasteiger partial charge in [-0.1, -0.05) is 0 Å². The van der Waals surface area contributed by atoms with Crippen molar-refractivity contribution < 1.29 is 31.1 Å². The Hall–Kier alpha value is -1.22. The molecule has 0 radical (unpaired) electrons. The first-order chi connectivity index (χ1) is 4.63. The fourth-order valence-corrected chi connectivity index (χ4v) is 0.356. The summed E-state index contributed by atoms with van der Waals surface area (Å²) >= 11 is 0. The molecule has 0 aromatic rings. The van der Waals surface area contributed by atoms with E-state index in [0.717, 1.165) is 0 Å². The van der Waals surface area contributed by atoms with Crippen molar-refractivity contribution in [2.24, 2.45) is 0 Å². The Bertz CT molecular complexity index is 123. The molecule has 8 nitrogen and oxygen atoms in total. The lowest BCUT2D eigenvalue weighted by molar-refractivity contribution is -0.137. The normalized spacial score (nSPS) is 6.85. The molecule has 1 amide bonds. The maximum atomic E-state index is 10.2. The average Bonchev–Trinajstić information content (AvgIpc) is 1.79. The molecule has 0 aliphatic carbocycles. The van der Waals surface area contributed by atoms with Crippen LogP contribution in [-0.2, 0) is 9.59 Å². The maximum absolute atomic E-state index is 10.2. The Balaban J connectivity index is -0.000000135. The minimum Gasteiger partial charge on any atom is -0.481 e. The minimum atomic E-state index is -0.891. The number of aliphatic carboxylic acids is 1. The van der Waals surface area contributed by atoms with Gasteiger partial charge < -0.3 is 21.5 Å². The van der Waals surface area contributed by atoms with E-state index in [2.05, 4.69) is 10.9 Å². The van der Waals surface area contributed by atoms with Gasteiger partial charge in [0, 0.05) is 13.5 Å². The molecule has 0 atom stereocenters. The summed E-state index contributed by atoms with van der Waals surface area (Å²) in [6, 6.07) is 0. The molecular formula is C5H16N2O6. The fourth-order valence-electron chi connectivity index (χ4n) is 0.356. The Morgan fingerprint density at radius 1 is 1.23 bits per heavy atom. The lowest BCUT2D eigenvalue weighted by Crippen LogP contribution is -2.36. The number of hydrogen-bond donors (Lipinski definition) is 3. The van der Waals surface area contributed by atoms with E-state index < -0.39 is 5.97 Å². The van der Waals surface area contributed by atoms with Crippen LogP contribution >= 0.6 is 0 Å². The Kier molecular flexibility index (Phi) is 23.3. The molecule has 0 saturated carbocycles. The lowest BCUT2D eigenvalue weighted by atomic mass is 10.4. The zero-order chi connectivity index (χ0) is 7.98. The van der Waals surface area contributed by atoms with Gasteiger partial charge in [0.15, 0.2) is 0 Å². The van der Waals surface area contributed by atoms with Gasteiger partial charge in [0.1, 0.15) is 0 Å². The fraction of sp³-hybridized carbons (Fsp3) is 0.600. The standard InChI is InChI=1S/C5H10N2O3.3H2O/c1-4(8)7-6-3-2-5(9)10;;;/h6H,2-3H2,1H3,(H,7,8)(H,9,10);3*1H2.